The molecule has 0 spiro atoms. The molecule has 2 aliphatic heterocycles. The van der Waals surface area contributed by atoms with Gasteiger partial charge >= 0.3 is 6.11 Å². The minimum absolute atomic E-state index is 0.0409. The Morgan fingerprint density at radius 3 is 2.64 bits per heavy atom. The molecular weight excluding hydrogens is 364 g/mol. The highest BCUT2D eigenvalue weighted by Gasteiger charge is 2.41. The monoisotopic (exact) mass is 377 g/mol. The summed E-state index contributed by atoms with van der Waals surface area (Å²) in [5.74, 6) is 0.0525. The number of fused-ring (bicyclic) bond motifs is 1. The molecule has 120 valence electrons. The predicted octanol–water partition coefficient (Wildman–Crippen LogP) is 3.11. The van der Waals surface area contributed by atoms with Crippen LogP contribution in [0.3, 0.4) is 0 Å². The minimum Gasteiger partial charge on any atom is -0.479 e. The van der Waals surface area contributed by atoms with E-state index in [1.807, 2.05) is 0 Å². The quantitative estimate of drug-likeness (QED) is 0.794. The van der Waals surface area contributed by atoms with Crippen LogP contribution in [0.25, 0.3) is 0 Å². The largest absolute Gasteiger partial charge is 0.479 e. The molecule has 0 atom stereocenters. The van der Waals surface area contributed by atoms with Crippen molar-refractivity contribution in [1.82, 2.24) is 5.06 Å². The SMILES string of the molecule is CC1(C)CON(Cc2cc3c(cc2Br)OC(F)(F)CO3)C1=O. The van der Waals surface area contributed by atoms with E-state index in [1.54, 1.807) is 19.9 Å². The molecule has 0 radical (unpaired) electrons. The lowest BCUT2D eigenvalue weighted by Crippen LogP contribution is -2.36. The van der Waals surface area contributed by atoms with Crippen LogP contribution in [0.15, 0.2) is 16.6 Å². The average Bonchev–Trinajstić information content (AvgIpc) is 2.66. The van der Waals surface area contributed by atoms with Crippen LogP contribution in [0.1, 0.15) is 19.4 Å². The highest BCUT2D eigenvalue weighted by molar-refractivity contribution is 9.10. The normalized spacial score (nSPS) is 22.0. The molecule has 1 aromatic rings. The average molecular weight is 378 g/mol. The van der Waals surface area contributed by atoms with Gasteiger partial charge in [-0.1, -0.05) is 15.9 Å². The van der Waals surface area contributed by atoms with E-state index in [0.29, 0.717) is 16.6 Å². The third-order valence-electron chi connectivity index (χ3n) is 3.47. The lowest BCUT2D eigenvalue weighted by molar-refractivity contribution is -0.208. The molecule has 0 saturated carbocycles. The van der Waals surface area contributed by atoms with Gasteiger partial charge in [-0.05, 0) is 31.5 Å². The van der Waals surface area contributed by atoms with Crippen LogP contribution >= 0.6 is 15.9 Å². The molecule has 1 fully saturated rings. The number of rotatable bonds is 2. The second-order valence-electron chi connectivity index (χ2n) is 5.92. The van der Waals surface area contributed by atoms with Gasteiger partial charge in [0.1, 0.15) is 0 Å². The standard InChI is InChI=1S/C14H14BrF2NO4/c1-13(2)6-21-18(12(13)19)5-8-3-10-11(4-9(8)15)22-14(16,17)7-20-10/h3-4H,5-7H2,1-2H3. The van der Waals surface area contributed by atoms with Gasteiger partial charge in [0.25, 0.3) is 5.91 Å². The summed E-state index contributed by atoms with van der Waals surface area (Å²) in [4.78, 5) is 17.5. The highest BCUT2D eigenvalue weighted by atomic mass is 79.9. The number of halogens is 3. The van der Waals surface area contributed by atoms with Crippen LogP contribution in [0.5, 0.6) is 11.5 Å². The number of hydrogen-bond donors (Lipinski definition) is 0. The van der Waals surface area contributed by atoms with Crippen molar-refractivity contribution in [3.8, 4) is 11.5 Å². The van der Waals surface area contributed by atoms with Gasteiger partial charge in [0.15, 0.2) is 18.1 Å². The Bertz CT molecular complexity index is 636. The Morgan fingerprint density at radius 2 is 2.00 bits per heavy atom. The van der Waals surface area contributed by atoms with Crippen molar-refractivity contribution < 1.29 is 27.9 Å². The van der Waals surface area contributed by atoms with Gasteiger partial charge in [-0.2, -0.15) is 8.78 Å². The Balaban J connectivity index is 1.83. The first kappa shape index (κ1) is 15.5. The van der Waals surface area contributed by atoms with Crippen LogP contribution in [0.4, 0.5) is 8.78 Å². The Morgan fingerprint density at radius 1 is 1.27 bits per heavy atom. The second-order valence-corrected chi connectivity index (χ2v) is 6.77. The molecule has 0 unspecified atom stereocenters. The number of amides is 1. The maximum Gasteiger partial charge on any atom is 0.433 e. The van der Waals surface area contributed by atoms with E-state index in [0.717, 1.165) is 0 Å². The van der Waals surface area contributed by atoms with E-state index in [2.05, 4.69) is 20.7 Å². The molecule has 2 heterocycles. The first-order chi connectivity index (χ1) is 10.2. The van der Waals surface area contributed by atoms with Crippen molar-refractivity contribution >= 4 is 21.8 Å². The van der Waals surface area contributed by atoms with Crippen LogP contribution in [-0.2, 0) is 16.2 Å². The Hall–Kier alpha value is -1.41. The number of nitrogens with zero attached hydrogens (tertiary/aromatic N) is 1. The van der Waals surface area contributed by atoms with Crippen LogP contribution in [0.2, 0.25) is 0 Å². The minimum atomic E-state index is -3.34. The summed E-state index contributed by atoms with van der Waals surface area (Å²) in [6.45, 7) is 3.26. The number of carbonyl (C=O) groups excluding carboxylic acids is 1. The van der Waals surface area contributed by atoms with Crippen LogP contribution < -0.4 is 9.47 Å². The number of ether oxygens (including phenoxy) is 2. The summed E-state index contributed by atoms with van der Waals surface area (Å²) in [5, 5.41) is 1.27. The van der Waals surface area contributed by atoms with Crippen molar-refractivity contribution in [3.63, 3.8) is 0 Å². The molecule has 1 amide bonds. The summed E-state index contributed by atoms with van der Waals surface area (Å²) < 4.78 is 36.4. The van der Waals surface area contributed by atoms with Gasteiger partial charge in [-0.3, -0.25) is 9.63 Å². The number of carbonyl (C=O) groups is 1. The van der Waals surface area contributed by atoms with E-state index in [-0.39, 0.29) is 24.0 Å². The molecule has 0 bridgehead atoms. The summed E-state index contributed by atoms with van der Waals surface area (Å²) in [6.07, 6.45) is -3.34. The smallest absolute Gasteiger partial charge is 0.433 e. The topological polar surface area (TPSA) is 48.0 Å². The summed E-state index contributed by atoms with van der Waals surface area (Å²) in [7, 11) is 0. The van der Waals surface area contributed by atoms with Crippen molar-refractivity contribution in [2.45, 2.75) is 26.5 Å². The van der Waals surface area contributed by atoms with Crippen molar-refractivity contribution in [1.29, 1.82) is 0 Å². The van der Waals surface area contributed by atoms with Crippen molar-refractivity contribution in [2.75, 3.05) is 13.2 Å². The fourth-order valence-corrected chi connectivity index (χ4v) is 2.66. The zero-order chi connectivity index (χ0) is 16.1. The first-order valence-electron chi connectivity index (χ1n) is 6.65. The molecule has 8 heteroatoms. The zero-order valence-corrected chi connectivity index (χ0v) is 13.6. The predicted molar refractivity (Wildman–Crippen MR) is 75.5 cm³/mol. The lowest BCUT2D eigenvalue weighted by atomic mass is 9.95. The lowest BCUT2D eigenvalue weighted by Gasteiger charge is -2.26. The summed E-state index contributed by atoms with van der Waals surface area (Å²) in [6, 6.07) is 2.97. The van der Waals surface area contributed by atoms with Gasteiger partial charge in [-0.15, -0.1) is 0 Å². The Labute approximate surface area is 134 Å². The Kier molecular flexibility index (Phi) is 3.56. The molecule has 5 nitrogen and oxygen atoms in total. The molecule has 1 aromatic carbocycles. The van der Waals surface area contributed by atoms with Gasteiger partial charge in [0, 0.05) is 4.47 Å². The van der Waals surface area contributed by atoms with Gasteiger partial charge in [-0.25, -0.2) is 5.06 Å². The van der Waals surface area contributed by atoms with E-state index in [4.69, 9.17) is 9.57 Å². The van der Waals surface area contributed by atoms with Crippen LogP contribution in [-0.4, -0.2) is 30.3 Å². The molecule has 2 aliphatic rings. The van der Waals surface area contributed by atoms with Gasteiger partial charge < -0.3 is 9.47 Å². The van der Waals surface area contributed by atoms with E-state index < -0.39 is 18.1 Å². The zero-order valence-electron chi connectivity index (χ0n) is 12.0. The molecule has 22 heavy (non-hydrogen) atoms. The fraction of sp³-hybridized carbons (Fsp3) is 0.500. The molecular formula is C14H14BrF2NO4. The number of benzene rings is 1. The number of hydrogen-bond acceptors (Lipinski definition) is 4. The maximum atomic E-state index is 13.1. The summed E-state index contributed by atoms with van der Waals surface area (Å²) >= 11 is 3.29. The number of hydroxylamine groups is 2. The molecule has 0 aromatic heterocycles. The maximum absolute atomic E-state index is 13.1. The van der Waals surface area contributed by atoms with E-state index in [1.165, 1.54) is 11.1 Å². The van der Waals surface area contributed by atoms with Crippen LogP contribution in [0, 0.1) is 5.41 Å². The molecule has 0 N–H and O–H groups in total. The first-order valence-corrected chi connectivity index (χ1v) is 7.44. The van der Waals surface area contributed by atoms with E-state index in [9.17, 15) is 13.6 Å². The molecule has 0 aliphatic carbocycles. The third kappa shape index (κ3) is 2.77. The molecule has 1 saturated heterocycles. The van der Waals surface area contributed by atoms with Crippen molar-refractivity contribution in [3.05, 3.63) is 22.2 Å². The number of alkyl halides is 2. The molecule has 3 rings (SSSR count). The van der Waals surface area contributed by atoms with Gasteiger partial charge in [0.2, 0.25) is 0 Å². The highest BCUT2D eigenvalue weighted by Crippen LogP contribution is 2.41. The van der Waals surface area contributed by atoms with E-state index >= 15 is 0 Å². The van der Waals surface area contributed by atoms with Gasteiger partial charge in [0.05, 0.1) is 18.6 Å². The summed E-state index contributed by atoms with van der Waals surface area (Å²) in [5.41, 5.74) is 0.112. The second kappa shape index (κ2) is 5.06. The third-order valence-corrected chi connectivity index (χ3v) is 4.21. The fourth-order valence-electron chi connectivity index (χ4n) is 2.21. The van der Waals surface area contributed by atoms with Crippen molar-refractivity contribution in [2.24, 2.45) is 5.41 Å².